The van der Waals surface area contributed by atoms with E-state index in [2.05, 4.69) is 22.3 Å². The lowest BCUT2D eigenvalue weighted by Gasteiger charge is -2.31. The van der Waals surface area contributed by atoms with Crippen molar-refractivity contribution >= 4 is 5.69 Å². The third-order valence-electron chi connectivity index (χ3n) is 3.99. The van der Waals surface area contributed by atoms with E-state index in [1.165, 1.54) is 5.56 Å². The molecule has 1 aromatic rings. The Morgan fingerprint density at radius 3 is 2.38 bits per heavy atom. The first kappa shape index (κ1) is 16.1. The van der Waals surface area contributed by atoms with Gasteiger partial charge in [-0.25, -0.2) is 0 Å². The third-order valence-corrected chi connectivity index (χ3v) is 3.99. The topological polar surface area (TPSA) is 15.3 Å². The van der Waals surface area contributed by atoms with Gasteiger partial charge in [-0.1, -0.05) is 12.1 Å². The van der Waals surface area contributed by atoms with Crippen LogP contribution in [0.2, 0.25) is 0 Å². The van der Waals surface area contributed by atoms with E-state index in [9.17, 15) is 13.2 Å². The number of hydrogen-bond acceptors (Lipinski definition) is 2. The number of halogens is 3. The summed E-state index contributed by atoms with van der Waals surface area (Å²) in [5.74, 6) is -1.12. The lowest BCUT2D eigenvalue weighted by Crippen LogP contribution is -2.32. The Bertz CT molecular complexity index is 449. The minimum atomic E-state index is -4.03. The van der Waals surface area contributed by atoms with Crippen molar-refractivity contribution in [3.05, 3.63) is 29.8 Å². The van der Waals surface area contributed by atoms with Gasteiger partial charge in [0, 0.05) is 18.3 Å². The summed E-state index contributed by atoms with van der Waals surface area (Å²) < 4.78 is 37.9. The van der Waals surface area contributed by atoms with Crippen LogP contribution in [-0.2, 0) is 6.54 Å². The van der Waals surface area contributed by atoms with E-state index in [4.69, 9.17) is 0 Å². The summed E-state index contributed by atoms with van der Waals surface area (Å²) in [4.78, 5) is 2.09. The molecule has 0 heterocycles. The number of anilines is 1. The maximum absolute atomic E-state index is 12.6. The summed E-state index contributed by atoms with van der Waals surface area (Å²) in [5, 5.41) is 3.38. The van der Waals surface area contributed by atoms with Crippen molar-refractivity contribution < 1.29 is 13.2 Å². The number of alkyl halides is 3. The van der Waals surface area contributed by atoms with Gasteiger partial charge in [-0.05, 0) is 57.5 Å². The molecule has 1 aliphatic carbocycles. The maximum Gasteiger partial charge on any atom is 0.391 e. The molecule has 0 aliphatic heterocycles. The van der Waals surface area contributed by atoms with Crippen LogP contribution in [0, 0.1) is 5.92 Å². The average Bonchev–Trinajstić information content (AvgIpc) is 2.38. The van der Waals surface area contributed by atoms with Gasteiger partial charge < -0.3 is 10.2 Å². The Kier molecular flexibility index (Phi) is 5.14. The normalized spacial score (nSPS) is 23.3. The van der Waals surface area contributed by atoms with E-state index >= 15 is 0 Å². The fraction of sp³-hybridized carbons (Fsp3) is 0.625. The van der Waals surface area contributed by atoms with Crippen LogP contribution in [0.1, 0.15) is 31.2 Å². The van der Waals surface area contributed by atoms with Crippen LogP contribution in [0.15, 0.2) is 24.3 Å². The molecule has 1 fully saturated rings. The molecular weight excluding hydrogens is 277 g/mol. The van der Waals surface area contributed by atoms with Gasteiger partial charge >= 0.3 is 6.18 Å². The molecule has 0 saturated heterocycles. The fourth-order valence-corrected chi connectivity index (χ4v) is 2.93. The Balaban J connectivity index is 1.89. The van der Waals surface area contributed by atoms with E-state index in [1.807, 2.05) is 26.2 Å². The molecule has 118 valence electrons. The summed E-state index contributed by atoms with van der Waals surface area (Å²) in [6.45, 7) is 0.857. The first-order valence-electron chi connectivity index (χ1n) is 7.41. The van der Waals surface area contributed by atoms with E-state index in [-0.39, 0.29) is 18.9 Å². The van der Waals surface area contributed by atoms with Crippen molar-refractivity contribution in [2.24, 2.45) is 5.92 Å². The van der Waals surface area contributed by atoms with Gasteiger partial charge in [-0.3, -0.25) is 0 Å². The van der Waals surface area contributed by atoms with E-state index in [0.717, 1.165) is 12.2 Å². The molecule has 0 bridgehead atoms. The number of nitrogens with one attached hydrogen (secondary N) is 1. The second-order valence-electron chi connectivity index (χ2n) is 6.17. The zero-order valence-electron chi connectivity index (χ0n) is 12.6. The first-order chi connectivity index (χ1) is 9.84. The summed E-state index contributed by atoms with van der Waals surface area (Å²) in [6, 6.07) is 8.26. The van der Waals surface area contributed by atoms with Crippen LogP contribution >= 0.6 is 0 Å². The van der Waals surface area contributed by atoms with E-state index < -0.39 is 12.1 Å². The van der Waals surface area contributed by atoms with Crippen molar-refractivity contribution in [3.63, 3.8) is 0 Å². The molecule has 0 atom stereocenters. The van der Waals surface area contributed by atoms with Crippen molar-refractivity contribution in [2.45, 2.75) is 44.4 Å². The van der Waals surface area contributed by atoms with Gasteiger partial charge in [-0.2, -0.15) is 13.2 Å². The molecule has 0 unspecified atom stereocenters. The first-order valence-corrected chi connectivity index (χ1v) is 7.41. The van der Waals surface area contributed by atoms with Gasteiger partial charge in [0.1, 0.15) is 0 Å². The third kappa shape index (κ3) is 4.92. The minimum absolute atomic E-state index is 0.151. The molecule has 21 heavy (non-hydrogen) atoms. The minimum Gasteiger partial charge on any atom is -0.382 e. The van der Waals surface area contributed by atoms with Crippen molar-refractivity contribution in [1.82, 2.24) is 4.90 Å². The number of nitrogens with zero attached hydrogens (tertiary/aromatic N) is 1. The van der Waals surface area contributed by atoms with Crippen molar-refractivity contribution in [3.8, 4) is 0 Å². The van der Waals surface area contributed by atoms with Crippen molar-refractivity contribution in [1.29, 1.82) is 0 Å². The molecule has 2 nitrogen and oxygen atoms in total. The average molecular weight is 300 g/mol. The zero-order chi connectivity index (χ0) is 15.5. The fourth-order valence-electron chi connectivity index (χ4n) is 2.93. The SMILES string of the molecule is CN(C)Cc1cccc(NC2CCC(C(F)(F)F)CC2)c1. The van der Waals surface area contributed by atoms with Gasteiger partial charge in [0.2, 0.25) is 0 Å². The predicted octanol–water partition coefficient (Wildman–Crippen LogP) is 4.28. The monoisotopic (exact) mass is 300 g/mol. The summed E-state index contributed by atoms with van der Waals surface area (Å²) in [6.07, 6.45) is -2.39. The second-order valence-corrected chi connectivity index (χ2v) is 6.17. The molecule has 1 aliphatic rings. The quantitative estimate of drug-likeness (QED) is 0.893. The van der Waals surface area contributed by atoms with Gasteiger partial charge in [0.15, 0.2) is 0 Å². The second kappa shape index (κ2) is 6.69. The molecule has 0 amide bonds. The van der Waals surface area contributed by atoms with Gasteiger partial charge in [-0.15, -0.1) is 0 Å². The molecule has 1 saturated carbocycles. The number of hydrogen-bond donors (Lipinski definition) is 1. The lowest BCUT2D eigenvalue weighted by atomic mass is 9.85. The van der Waals surface area contributed by atoms with Crippen LogP contribution in [-0.4, -0.2) is 31.2 Å². The predicted molar refractivity (Wildman–Crippen MR) is 79.3 cm³/mol. The Morgan fingerprint density at radius 1 is 1.14 bits per heavy atom. The van der Waals surface area contributed by atoms with Gasteiger partial charge in [0.05, 0.1) is 5.92 Å². The van der Waals surface area contributed by atoms with E-state index in [1.54, 1.807) is 0 Å². The highest BCUT2D eigenvalue weighted by Crippen LogP contribution is 2.38. The summed E-state index contributed by atoms with van der Waals surface area (Å²) >= 11 is 0. The largest absolute Gasteiger partial charge is 0.391 e. The van der Waals surface area contributed by atoms with Crippen LogP contribution < -0.4 is 5.32 Å². The maximum atomic E-state index is 12.6. The van der Waals surface area contributed by atoms with Crippen LogP contribution in [0.5, 0.6) is 0 Å². The Morgan fingerprint density at radius 2 is 1.81 bits per heavy atom. The molecule has 1 aromatic carbocycles. The smallest absolute Gasteiger partial charge is 0.382 e. The Labute approximate surface area is 124 Å². The highest BCUT2D eigenvalue weighted by atomic mass is 19.4. The zero-order valence-corrected chi connectivity index (χ0v) is 12.6. The standard InChI is InChI=1S/C16H23F3N2/c1-21(2)11-12-4-3-5-15(10-12)20-14-8-6-13(7-9-14)16(17,18)19/h3-5,10,13-14,20H,6-9,11H2,1-2H3. The lowest BCUT2D eigenvalue weighted by molar-refractivity contribution is -0.182. The summed E-state index contributed by atoms with van der Waals surface area (Å²) in [7, 11) is 4.02. The number of benzene rings is 1. The molecule has 0 spiro atoms. The Hall–Kier alpha value is -1.23. The van der Waals surface area contributed by atoms with Gasteiger partial charge in [0.25, 0.3) is 0 Å². The molecule has 1 N–H and O–H groups in total. The molecule has 0 radical (unpaired) electrons. The highest BCUT2D eigenvalue weighted by molar-refractivity contribution is 5.46. The van der Waals surface area contributed by atoms with Crippen molar-refractivity contribution in [2.75, 3.05) is 19.4 Å². The molecule has 2 rings (SSSR count). The van der Waals surface area contributed by atoms with Crippen LogP contribution in [0.25, 0.3) is 0 Å². The van der Waals surface area contributed by atoms with Crippen LogP contribution in [0.3, 0.4) is 0 Å². The molecule has 5 heteroatoms. The molecule has 0 aromatic heterocycles. The number of rotatable bonds is 4. The molecular formula is C16H23F3N2. The van der Waals surface area contributed by atoms with Crippen LogP contribution in [0.4, 0.5) is 18.9 Å². The summed E-state index contributed by atoms with van der Waals surface area (Å²) in [5.41, 5.74) is 2.21. The highest BCUT2D eigenvalue weighted by Gasteiger charge is 2.41. The van der Waals surface area contributed by atoms with E-state index in [0.29, 0.717) is 12.8 Å².